The molecular weight excluding hydrogens is 346 g/mol. The average molecular weight is 360 g/mol. The third kappa shape index (κ3) is 4.22. The Morgan fingerprint density at radius 3 is 2.68 bits per heavy atom. The largest absolute Gasteiger partial charge is 0.378 e. The van der Waals surface area contributed by atoms with Gasteiger partial charge in [0.2, 0.25) is 5.91 Å². The second kappa shape index (κ2) is 6.68. The molecule has 1 aromatic heterocycles. The molecule has 0 saturated heterocycles. The van der Waals surface area contributed by atoms with Crippen LogP contribution in [0.3, 0.4) is 0 Å². The summed E-state index contributed by atoms with van der Waals surface area (Å²) in [5.41, 5.74) is 0.729. The van der Waals surface area contributed by atoms with Crippen molar-refractivity contribution in [1.82, 2.24) is 5.32 Å². The van der Waals surface area contributed by atoms with Crippen molar-refractivity contribution in [2.24, 2.45) is 0 Å². The van der Waals surface area contributed by atoms with Crippen molar-refractivity contribution in [3.8, 4) is 5.75 Å². The van der Waals surface area contributed by atoms with Crippen molar-refractivity contribution < 1.29 is 17.4 Å². The highest BCUT2D eigenvalue weighted by Gasteiger charge is 2.19. The average Bonchev–Trinajstić information content (AvgIpc) is 2.90. The molecule has 0 atom stereocenters. The predicted octanol–water partition coefficient (Wildman–Crippen LogP) is 3.11. The highest BCUT2D eigenvalue weighted by molar-refractivity contribution is 7.89. The van der Waals surface area contributed by atoms with Crippen LogP contribution < -0.4 is 9.50 Å². The number of aryl methyl sites for hydroxylation is 1. The maximum Gasteiger partial charge on any atom is 0.348 e. The molecular formula is C14H14ClNO4S2. The number of hydrogen-bond donors (Lipinski definition) is 1. The molecule has 22 heavy (non-hydrogen) atoms. The molecule has 1 amide bonds. The number of carbonyl (C=O) groups is 1. The van der Waals surface area contributed by atoms with Crippen molar-refractivity contribution in [1.29, 1.82) is 0 Å². The third-order valence-corrected chi connectivity index (χ3v) is 5.94. The summed E-state index contributed by atoms with van der Waals surface area (Å²) in [7, 11) is -3.90. The SMILES string of the molecule is CC(=O)NCc1ccc(S(=O)(=O)Oc2ccc(Cl)c(C)c2)s1. The van der Waals surface area contributed by atoms with Crippen LogP contribution in [0.2, 0.25) is 5.02 Å². The third-order valence-electron chi connectivity index (χ3n) is 2.73. The number of amides is 1. The van der Waals surface area contributed by atoms with E-state index in [1.54, 1.807) is 25.1 Å². The molecule has 0 fully saturated rings. The first-order valence-corrected chi connectivity index (χ1v) is 8.92. The molecule has 0 aliphatic heterocycles. The molecule has 0 radical (unpaired) electrons. The Morgan fingerprint density at radius 2 is 2.05 bits per heavy atom. The minimum atomic E-state index is -3.90. The predicted molar refractivity (Wildman–Crippen MR) is 85.8 cm³/mol. The van der Waals surface area contributed by atoms with Crippen LogP contribution in [0.1, 0.15) is 17.4 Å². The van der Waals surface area contributed by atoms with Crippen molar-refractivity contribution in [2.45, 2.75) is 24.6 Å². The van der Waals surface area contributed by atoms with E-state index in [0.717, 1.165) is 21.8 Å². The van der Waals surface area contributed by atoms with E-state index in [0.29, 0.717) is 5.02 Å². The molecule has 2 rings (SSSR count). The van der Waals surface area contributed by atoms with Crippen LogP contribution in [0.15, 0.2) is 34.5 Å². The van der Waals surface area contributed by atoms with Gasteiger partial charge in [-0.2, -0.15) is 8.42 Å². The minimum absolute atomic E-state index is 0.0838. The van der Waals surface area contributed by atoms with Gasteiger partial charge in [0.05, 0.1) is 6.54 Å². The maximum absolute atomic E-state index is 12.2. The van der Waals surface area contributed by atoms with Gasteiger partial charge in [-0.05, 0) is 42.8 Å². The highest BCUT2D eigenvalue weighted by Crippen LogP contribution is 2.27. The Hall–Kier alpha value is -1.57. The fourth-order valence-electron chi connectivity index (χ4n) is 1.64. The summed E-state index contributed by atoms with van der Waals surface area (Å²) < 4.78 is 29.6. The van der Waals surface area contributed by atoms with Gasteiger partial charge >= 0.3 is 10.1 Å². The monoisotopic (exact) mass is 359 g/mol. The number of halogens is 1. The molecule has 0 saturated carbocycles. The summed E-state index contributed by atoms with van der Waals surface area (Å²) in [5, 5.41) is 3.15. The number of benzene rings is 1. The normalized spacial score (nSPS) is 11.2. The van der Waals surface area contributed by atoms with Gasteiger partial charge in [-0.3, -0.25) is 4.79 Å². The molecule has 1 N–H and O–H groups in total. The Labute approximate surface area is 138 Å². The quantitative estimate of drug-likeness (QED) is 0.832. The van der Waals surface area contributed by atoms with E-state index < -0.39 is 10.1 Å². The number of nitrogens with one attached hydrogen (secondary N) is 1. The van der Waals surface area contributed by atoms with Crippen molar-refractivity contribution in [3.05, 3.63) is 45.8 Å². The summed E-state index contributed by atoms with van der Waals surface area (Å²) in [4.78, 5) is 11.6. The number of carbonyl (C=O) groups excluding carboxylic acids is 1. The second-order valence-electron chi connectivity index (χ2n) is 4.58. The standard InChI is InChI=1S/C14H14ClNO4S2/c1-9-7-11(3-5-13(9)15)20-22(18,19)14-6-4-12(21-14)8-16-10(2)17/h3-7H,8H2,1-2H3,(H,16,17). The van der Waals surface area contributed by atoms with Crippen LogP contribution in [-0.2, 0) is 21.5 Å². The Kier molecular flexibility index (Phi) is 5.10. The number of thiophene rings is 1. The van der Waals surface area contributed by atoms with E-state index in [2.05, 4.69) is 5.32 Å². The van der Waals surface area contributed by atoms with Gasteiger partial charge in [0.1, 0.15) is 5.75 Å². The fraction of sp³-hybridized carbons (Fsp3) is 0.214. The summed E-state index contributed by atoms with van der Waals surface area (Å²) in [6, 6.07) is 7.74. The first kappa shape index (κ1) is 16.8. The van der Waals surface area contributed by atoms with Crippen molar-refractivity contribution in [3.63, 3.8) is 0 Å². The molecule has 0 aliphatic carbocycles. The zero-order chi connectivity index (χ0) is 16.3. The Balaban J connectivity index is 2.16. The van der Waals surface area contributed by atoms with E-state index in [1.165, 1.54) is 19.1 Å². The second-order valence-corrected chi connectivity index (χ2v) is 7.93. The van der Waals surface area contributed by atoms with Crippen LogP contribution in [0, 0.1) is 6.92 Å². The van der Waals surface area contributed by atoms with E-state index in [4.69, 9.17) is 15.8 Å². The molecule has 1 aromatic carbocycles. The fourth-order valence-corrected chi connectivity index (χ4v) is 3.93. The lowest BCUT2D eigenvalue weighted by atomic mass is 10.2. The first-order valence-electron chi connectivity index (χ1n) is 6.32. The molecule has 8 heteroatoms. The van der Waals surface area contributed by atoms with Crippen molar-refractivity contribution in [2.75, 3.05) is 0 Å². The molecule has 0 aliphatic rings. The first-order chi connectivity index (χ1) is 10.3. The van der Waals surface area contributed by atoms with Gasteiger partial charge in [-0.1, -0.05) is 11.6 Å². The molecule has 118 valence electrons. The molecule has 0 spiro atoms. The lowest BCUT2D eigenvalue weighted by Gasteiger charge is -2.06. The summed E-state index contributed by atoms with van der Waals surface area (Å²) in [5.74, 6) is 0.0319. The Morgan fingerprint density at radius 1 is 1.32 bits per heavy atom. The maximum atomic E-state index is 12.2. The highest BCUT2D eigenvalue weighted by atomic mass is 35.5. The van der Waals surface area contributed by atoms with E-state index in [9.17, 15) is 13.2 Å². The molecule has 1 heterocycles. The molecule has 0 unspecified atom stereocenters. The van der Waals surface area contributed by atoms with Crippen LogP contribution >= 0.6 is 22.9 Å². The molecule has 0 bridgehead atoms. The zero-order valence-corrected chi connectivity index (χ0v) is 14.3. The zero-order valence-electron chi connectivity index (χ0n) is 11.9. The van der Waals surface area contributed by atoms with Crippen molar-refractivity contribution >= 4 is 39.0 Å². The van der Waals surface area contributed by atoms with Gasteiger partial charge in [0.15, 0.2) is 4.21 Å². The number of hydrogen-bond acceptors (Lipinski definition) is 5. The molecule has 2 aromatic rings. The van der Waals surface area contributed by atoms with E-state index in [1.807, 2.05) is 0 Å². The van der Waals surface area contributed by atoms with E-state index >= 15 is 0 Å². The minimum Gasteiger partial charge on any atom is -0.378 e. The Bertz CT molecular complexity index is 799. The van der Waals surface area contributed by atoms with Crippen LogP contribution in [0.5, 0.6) is 5.75 Å². The van der Waals surface area contributed by atoms with Gasteiger partial charge in [-0.15, -0.1) is 11.3 Å². The van der Waals surface area contributed by atoms with Gasteiger partial charge < -0.3 is 9.50 Å². The summed E-state index contributed by atoms with van der Waals surface area (Å²) in [6.07, 6.45) is 0. The van der Waals surface area contributed by atoms with Gasteiger partial charge in [0.25, 0.3) is 0 Å². The smallest absolute Gasteiger partial charge is 0.348 e. The molecule has 5 nitrogen and oxygen atoms in total. The summed E-state index contributed by atoms with van der Waals surface area (Å²) >= 11 is 6.95. The topological polar surface area (TPSA) is 72.5 Å². The lowest BCUT2D eigenvalue weighted by molar-refractivity contribution is -0.119. The van der Waals surface area contributed by atoms with E-state index in [-0.39, 0.29) is 22.4 Å². The van der Waals surface area contributed by atoms with Crippen LogP contribution in [0.25, 0.3) is 0 Å². The number of rotatable bonds is 5. The van der Waals surface area contributed by atoms with Gasteiger partial charge in [-0.25, -0.2) is 0 Å². The van der Waals surface area contributed by atoms with Gasteiger partial charge in [0, 0.05) is 16.8 Å². The lowest BCUT2D eigenvalue weighted by Crippen LogP contribution is -2.18. The van der Waals surface area contributed by atoms with Crippen LogP contribution in [-0.4, -0.2) is 14.3 Å². The van der Waals surface area contributed by atoms with Crippen LogP contribution in [0.4, 0.5) is 0 Å². The summed E-state index contributed by atoms with van der Waals surface area (Å²) in [6.45, 7) is 3.45.